The van der Waals surface area contributed by atoms with Crippen molar-refractivity contribution < 1.29 is 0 Å². The lowest BCUT2D eigenvalue weighted by atomic mass is 9.84. The highest BCUT2D eigenvalue weighted by molar-refractivity contribution is 6.25. The Balaban J connectivity index is 2.50. The van der Waals surface area contributed by atoms with Crippen LogP contribution in [0.5, 0.6) is 0 Å². The molecule has 0 heteroatoms. The SMILES string of the molecule is Cc1c(C)c2ccc3ccc(C)c4cc(C)c(c1C)c2c34. The van der Waals surface area contributed by atoms with Crippen LogP contribution in [0.1, 0.15) is 27.8 Å². The first-order chi connectivity index (χ1) is 10.0. The molecule has 0 unspecified atom stereocenters. The van der Waals surface area contributed by atoms with Gasteiger partial charge >= 0.3 is 0 Å². The minimum Gasteiger partial charge on any atom is -0.0581 e. The van der Waals surface area contributed by atoms with E-state index < -0.39 is 0 Å². The summed E-state index contributed by atoms with van der Waals surface area (Å²) < 4.78 is 0. The molecule has 4 aromatic rings. The first-order valence-corrected chi connectivity index (χ1v) is 7.65. The molecule has 4 rings (SSSR count). The quantitative estimate of drug-likeness (QED) is 0.338. The summed E-state index contributed by atoms with van der Waals surface area (Å²) in [5, 5.41) is 8.55. The molecular weight excluding hydrogens is 252 g/mol. The summed E-state index contributed by atoms with van der Waals surface area (Å²) in [6, 6.07) is 11.5. The number of hydrogen-bond donors (Lipinski definition) is 0. The minimum atomic E-state index is 1.36. The van der Waals surface area contributed by atoms with Crippen molar-refractivity contribution in [3.63, 3.8) is 0 Å². The normalized spacial score (nSPS) is 12.0. The third-order valence-electron chi connectivity index (χ3n) is 5.35. The largest absolute Gasteiger partial charge is 0.0581 e. The average molecular weight is 272 g/mol. The summed E-state index contributed by atoms with van der Waals surface area (Å²) in [5.41, 5.74) is 7.06. The molecule has 0 radical (unpaired) electrons. The Morgan fingerprint density at radius 1 is 0.524 bits per heavy atom. The monoisotopic (exact) mass is 272 g/mol. The van der Waals surface area contributed by atoms with E-state index in [-0.39, 0.29) is 0 Å². The fourth-order valence-corrected chi connectivity index (χ4v) is 3.95. The molecule has 0 spiro atoms. The molecule has 104 valence electrons. The first-order valence-electron chi connectivity index (χ1n) is 7.65. The van der Waals surface area contributed by atoms with E-state index in [0.29, 0.717) is 0 Å². The number of hydrogen-bond acceptors (Lipinski definition) is 0. The molecule has 0 aliphatic rings. The summed E-state index contributed by atoms with van der Waals surface area (Å²) in [7, 11) is 0. The van der Waals surface area contributed by atoms with Crippen LogP contribution in [0.4, 0.5) is 0 Å². The molecule has 21 heavy (non-hydrogen) atoms. The van der Waals surface area contributed by atoms with Crippen molar-refractivity contribution in [2.45, 2.75) is 34.6 Å². The summed E-state index contributed by atoms with van der Waals surface area (Å²) >= 11 is 0. The third kappa shape index (κ3) is 1.45. The Labute approximate surface area is 125 Å². The van der Waals surface area contributed by atoms with Gasteiger partial charge in [0.1, 0.15) is 0 Å². The van der Waals surface area contributed by atoms with Crippen molar-refractivity contribution in [2.24, 2.45) is 0 Å². The molecular formula is C21H20. The van der Waals surface area contributed by atoms with Crippen LogP contribution in [0, 0.1) is 34.6 Å². The molecule has 0 aliphatic heterocycles. The van der Waals surface area contributed by atoms with Gasteiger partial charge in [-0.2, -0.15) is 0 Å². The summed E-state index contributed by atoms with van der Waals surface area (Å²) in [5.74, 6) is 0. The molecule has 0 nitrogen and oxygen atoms in total. The van der Waals surface area contributed by atoms with E-state index in [1.807, 2.05) is 0 Å². The van der Waals surface area contributed by atoms with E-state index >= 15 is 0 Å². The van der Waals surface area contributed by atoms with Gasteiger partial charge in [0.05, 0.1) is 0 Å². The topological polar surface area (TPSA) is 0 Å². The van der Waals surface area contributed by atoms with Crippen LogP contribution in [0.2, 0.25) is 0 Å². The predicted molar refractivity (Wildman–Crippen MR) is 93.8 cm³/mol. The van der Waals surface area contributed by atoms with Gasteiger partial charge < -0.3 is 0 Å². The smallest absolute Gasteiger partial charge is 0.00185 e. The van der Waals surface area contributed by atoms with Gasteiger partial charge in [-0.25, -0.2) is 0 Å². The number of aryl methyl sites for hydroxylation is 4. The fourth-order valence-electron chi connectivity index (χ4n) is 3.95. The summed E-state index contributed by atoms with van der Waals surface area (Å²) in [4.78, 5) is 0. The summed E-state index contributed by atoms with van der Waals surface area (Å²) in [6.45, 7) is 11.3. The van der Waals surface area contributed by atoms with Gasteiger partial charge in [-0.3, -0.25) is 0 Å². The number of rotatable bonds is 0. The number of benzene rings is 4. The average Bonchev–Trinajstić information content (AvgIpc) is 2.47. The Bertz CT molecular complexity index is 1020. The van der Waals surface area contributed by atoms with Gasteiger partial charge in [0.15, 0.2) is 0 Å². The molecule has 0 aliphatic carbocycles. The van der Waals surface area contributed by atoms with Gasteiger partial charge in [-0.05, 0) is 94.8 Å². The van der Waals surface area contributed by atoms with Crippen LogP contribution >= 0.6 is 0 Å². The van der Waals surface area contributed by atoms with Gasteiger partial charge in [0.25, 0.3) is 0 Å². The van der Waals surface area contributed by atoms with Gasteiger partial charge in [-0.1, -0.05) is 30.3 Å². The Morgan fingerprint density at radius 2 is 1.24 bits per heavy atom. The van der Waals surface area contributed by atoms with Crippen LogP contribution in [0.25, 0.3) is 32.3 Å². The molecule has 0 heterocycles. The van der Waals surface area contributed by atoms with Crippen molar-refractivity contribution in [1.82, 2.24) is 0 Å². The molecule has 0 atom stereocenters. The van der Waals surface area contributed by atoms with Crippen molar-refractivity contribution in [2.75, 3.05) is 0 Å². The predicted octanol–water partition coefficient (Wildman–Crippen LogP) is 6.13. The molecule has 0 aromatic heterocycles. The molecule has 0 saturated carbocycles. The second kappa shape index (κ2) is 3.98. The van der Waals surface area contributed by atoms with Crippen LogP contribution in [-0.4, -0.2) is 0 Å². The van der Waals surface area contributed by atoms with E-state index in [0.717, 1.165) is 0 Å². The van der Waals surface area contributed by atoms with Gasteiger partial charge in [0, 0.05) is 0 Å². The van der Waals surface area contributed by atoms with Crippen molar-refractivity contribution in [3.05, 3.63) is 58.1 Å². The third-order valence-corrected chi connectivity index (χ3v) is 5.35. The maximum Gasteiger partial charge on any atom is -0.00185 e. The Morgan fingerprint density at radius 3 is 2.00 bits per heavy atom. The lowest BCUT2D eigenvalue weighted by Crippen LogP contribution is -1.96. The molecule has 0 saturated heterocycles. The first kappa shape index (κ1) is 12.6. The maximum absolute atomic E-state index is 2.38. The van der Waals surface area contributed by atoms with Crippen LogP contribution in [0.3, 0.4) is 0 Å². The lowest BCUT2D eigenvalue weighted by Gasteiger charge is -2.20. The molecule has 0 N–H and O–H groups in total. The zero-order valence-corrected chi connectivity index (χ0v) is 13.4. The second-order valence-electron chi connectivity index (χ2n) is 6.46. The van der Waals surface area contributed by atoms with Crippen molar-refractivity contribution >= 4 is 32.3 Å². The standard InChI is InChI=1S/C21H20/c1-11-6-7-16-8-9-17-14(4)13(3)15(5)19-12(2)10-18(11)20(16)21(17)19/h6-10H,1-5H3. The highest BCUT2D eigenvalue weighted by Crippen LogP contribution is 2.41. The van der Waals surface area contributed by atoms with Crippen LogP contribution in [-0.2, 0) is 0 Å². The van der Waals surface area contributed by atoms with Crippen LogP contribution < -0.4 is 0 Å². The van der Waals surface area contributed by atoms with E-state index in [2.05, 4.69) is 65.0 Å². The van der Waals surface area contributed by atoms with Crippen molar-refractivity contribution in [1.29, 1.82) is 0 Å². The Kier molecular flexibility index (Phi) is 2.39. The van der Waals surface area contributed by atoms with Gasteiger partial charge in [0.2, 0.25) is 0 Å². The van der Waals surface area contributed by atoms with E-state index in [4.69, 9.17) is 0 Å². The van der Waals surface area contributed by atoms with E-state index in [1.165, 1.54) is 60.1 Å². The second-order valence-corrected chi connectivity index (χ2v) is 6.46. The highest BCUT2D eigenvalue weighted by atomic mass is 14.2. The summed E-state index contributed by atoms with van der Waals surface area (Å²) in [6.07, 6.45) is 0. The van der Waals surface area contributed by atoms with E-state index in [1.54, 1.807) is 0 Å². The highest BCUT2D eigenvalue weighted by Gasteiger charge is 2.16. The molecule has 0 amide bonds. The fraction of sp³-hybridized carbons (Fsp3) is 0.238. The van der Waals surface area contributed by atoms with Crippen LogP contribution in [0.15, 0.2) is 30.3 Å². The molecule has 0 bridgehead atoms. The zero-order valence-electron chi connectivity index (χ0n) is 13.4. The maximum atomic E-state index is 2.38. The molecule has 4 aromatic carbocycles. The molecule has 0 fully saturated rings. The van der Waals surface area contributed by atoms with Gasteiger partial charge in [-0.15, -0.1) is 0 Å². The minimum absolute atomic E-state index is 1.36. The van der Waals surface area contributed by atoms with Crippen molar-refractivity contribution in [3.8, 4) is 0 Å². The van der Waals surface area contributed by atoms with E-state index in [9.17, 15) is 0 Å². The zero-order chi connectivity index (χ0) is 14.9. The lowest BCUT2D eigenvalue weighted by molar-refractivity contribution is 1.31. The Hall–Kier alpha value is -2.08.